The largest absolute Gasteiger partial charge is 0.487 e. The number of aryl methyl sites for hydroxylation is 1. The number of alkyl halides is 1. The number of aromatic nitrogens is 3. The van der Waals surface area contributed by atoms with E-state index in [-0.39, 0.29) is 0 Å². The summed E-state index contributed by atoms with van der Waals surface area (Å²) in [6.45, 7) is 0.517. The first-order chi connectivity index (χ1) is 7.78. The highest BCUT2D eigenvalue weighted by atomic mass is 79.9. The van der Waals surface area contributed by atoms with Gasteiger partial charge < -0.3 is 4.74 Å². The summed E-state index contributed by atoms with van der Waals surface area (Å²) in [5.74, 6) is 0.772. The lowest BCUT2D eigenvalue weighted by molar-refractivity contribution is 0.305. The van der Waals surface area contributed by atoms with E-state index in [1.54, 1.807) is 17.1 Å². The molecule has 0 radical (unpaired) electrons. The minimum atomic E-state index is 0.517. The highest BCUT2D eigenvalue weighted by Crippen LogP contribution is 2.12. The zero-order valence-electron chi connectivity index (χ0n) is 8.93. The predicted molar refractivity (Wildman–Crippen MR) is 64.4 cm³/mol. The van der Waals surface area contributed by atoms with E-state index in [0.717, 1.165) is 22.3 Å². The van der Waals surface area contributed by atoms with Gasteiger partial charge in [0.05, 0.1) is 18.1 Å². The first-order valence-corrected chi connectivity index (χ1v) is 6.01. The maximum Gasteiger partial charge on any atom is 0.138 e. The molecule has 2 aromatic heterocycles. The molecule has 2 aromatic rings. The van der Waals surface area contributed by atoms with Crippen LogP contribution in [0.2, 0.25) is 0 Å². The number of pyridine rings is 1. The number of halogens is 1. The van der Waals surface area contributed by atoms with Gasteiger partial charge in [0.2, 0.25) is 0 Å². The van der Waals surface area contributed by atoms with Crippen molar-refractivity contribution < 1.29 is 4.74 Å². The average molecular weight is 282 g/mol. The fraction of sp³-hybridized carbons (Fsp3) is 0.273. The molecule has 0 spiro atoms. The monoisotopic (exact) mass is 281 g/mol. The third-order valence-corrected chi connectivity index (χ3v) is 2.67. The van der Waals surface area contributed by atoms with Crippen LogP contribution in [0.1, 0.15) is 11.3 Å². The molecular weight excluding hydrogens is 270 g/mol. The molecule has 0 aromatic carbocycles. The van der Waals surface area contributed by atoms with Crippen molar-refractivity contribution in [3.63, 3.8) is 0 Å². The number of hydrogen-bond acceptors (Lipinski definition) is 3. The third-order valence-electron chi connectivity index (χ3n) is 2.10. The van der Waals surface area contributed by atoms with Crippen molar-refractivity contribution in [1.82, 2.24) is 14.8 Å². The van der Waals surface area contributed by atoms with Gasteiger partial charge in [-0.15, -0.1) is 0 Å². The minimum absolute atomic E-state index is 0.517. The van der Waals surface area contributed by atoms with Gasteiger partial charge in [-0.05, 0) is 12.1 Å². The van der Waals surface area contributed by atoms with Gasteiger partial charge in [0.25, 0.3) is 0 Å². The van der Waals surface area contributed by atoms with Crippen LogP contribution in [-0.2, 0) is 19.0 Å². The normalized spacial score (nSPS) is 10.4. The van der Waals surface area contributed by atoms with Gasteiger partial charge in [-0.1, -0.05) is 15.9 Å². The van der Waals surface area contributed by atoms with Crippen molar-refractivity contribution in [2.45, 2.75) is 11.9 Å². The second-order valence-electron chi connectivity index (χ2n) is 3.43. The molecule has 0 bridgehead atoms. The van der Waals surface area contributed by atoms with Gasteiger partial charge >= 0.3 is 0 Å². The van der Waals surface area contributed by atoms with Crippen molar-refractivity contribution in [2.24, 2.45) is 7.05 Å². The van der Waals surface area contributed by atoms with Crippen molar-refractivity contribution in [2.75, 3.05) is 0 Å². The summed E-state index contributed by atoms with van der Waals surface area (Å²) in [5.41, 5.74) is 2.04. The molecule has 5 heteroatoms. The average Bonchev–Trinajstić information content (AvgIpc) is 2.73. The molecular formula is C11H12BrN3O. The Morgan fingerprint density at radius 2 is 2.25 bits per heavy atom. The number of rotatable bonds is 4. The van der Waals surface area contributed by atoms with E-state index in [2.05, 4.69) is 26.0 Å². The van der Waals surface area contributed by atoms with Crippen LogP contribution in [0.5, 0.6) is 5.75 Å². The predicted octanol–water partition coefficient (Wildman–Crippen LogP) is 2.29. The Bertz CT molecular complexity index is 453. The van der Waals surface area contributed by atoms with Gasteiger partial charge in [0.15, 0.2) is 0 Å². The zero-order valence-corrected chi connectivity index (χ0v) is 10.5. The van der Waals surface area contributed by atoms with E-state index >= 15 is 0 Å². The van der Waals surface area contributed by atoms with Crippen molar-refractivity contribution in [3.05, 3.63) is 42.0 Å². The van der Waals surface area contributed by atoms with Crippen LogP contribution in [-0.4, -0.2) is 14.8 Å². The summed E-state index contributed by atoms with van der Waals surface area (Å²) in [7, 11) is 1.88. The van der Waals surface area contributed by atoms with Gasteiger partial charge in [0.1, 0.15) is 12.4 Å². The zero-order chi connectivity index (χ0) is 11.4. The first kappa shape index (κ1) is 11.1. The van der Waals surface area contributed by atoms with E-state index in [1.165, 1.54) is 0 Å². The van der Waals surface area contributed by atoms with Crippen LogP contribution in [0, 0.1) is 0 Å². The summed E-state index contributed by atoms with van der Waals surface area (Å²) < 4.78 is 7.33. The van der Waals surface area contributed by atoms with E-state index in [4.69, 9.17) is 4.74 Å². The lowest BCUT2D eigenvalue weighted by Gasteiger charge is -2.04. The minimum Gasteiger partial charge on any atom is -0.487 e. The topological polar surface area (TPSA) is 39.9 Å². The summed E-state index contributed by atoms with van der Waals surface area (Å²) in [6, 6.07) is 3.85. The summed E-state index contributed by atoms with van der Waals surface area (Å²) in [6.07, 6.45) is 5.45. The number of nitrogens with zero attached hydrogens (tertiary/aromatic N) is 3. The quantitative estimate of drug-likeness (QED) is 0.808. The molecule has 0 aliphatic rings. The maximum absolute atomic E-state index is 5.57. The molecule has 0 unspecified atom stereocenters. The molecule has 84 valence electrons. The lowest BCUT2D eigenvalue weighted by atomic mass is 10.3. The molecule has 0 amide bonds. The Labute approximate surface area is 102 Å². The van der Waals surface area contributed by atoms with E-state index in [0.29, 0.717) is 6.61 Å². The fourth-order valence-corrected chi connectivity index (χ4v) is 1.62. The number of hydrogen-bond donors (Lipinski definition) is 0. The van der Waals surface area contributed by atoms with Crippen LogP contribution in [0.15, 0.2) is 30.7 Å². The Hall–Kier alpha value is -1.36. The molecule has 0 saturated carbocycles. The van der Waals surface area contributed by atoms with E-state index in [9.17, 15) is 0 Å². The molecule has 4 nitrogen and oxygen atoms in total. The van der Waals surface area contributed by atoms with Gasteiger partial charge in [0, 0.05) is 24.1 Å². The molecule has 0 atom stereocenters. The Balaban J connectivity index is 1.94. The van der Waals surface area contributed by atoms with E-state index in [1.807, 2.05) is 25.4 Å². The summed E-state index contributed by atoms with van der Waals surface area (Å²) in [5, 5.41) is 4.83. The Kier molecular flexibility index (Phi) is 3.56. The molecule has 0 fully saturated rings. The second kappa shape index (κ2) is 5.12. The molecule has 0 N–H and O–H groups in total. The maximum atomic E-state index is 5.57. The number of ether oxygens (including phenoxy) is 1. The summed E-state index contributed by atoms with van der Waals surface area (Å²) >= 11 is 3.35. The molecule has 2 heterocycles. The van der Waals surface area contributed by atoms with Gasteiger partial charge in [-0.3, -0.25) is 9.67 Å². The van der Waals surface area contributed by atoms with Crippen molar-refractivity contribution in [1.29, 1.82) is 0 Å². The first-order valence-electron chi connectivity index (χ1n) is 4.89. The van der Waals surface area contributed by atoms with Gasteiger partial charge in [-0.25, -0.2) is 0 Å². The van der Waals surface area contributed by atoms with Crippen LogP contribution in [0.4, 0.5) is 0 Å². The Morgan fingerprint density at radius 1 is 1.38 bits per heavy atom. The molecule has 16 heavy (non-hydrogen) atoms. The van der Waals surface area contributed by atoms with Crippen LogP contribution in [0.25, 0.3) is 0 Å². The SMILES string of the molecule is Cn1cc(COc2ccc(CBr)nc2)cn1. The van der Waals surface area contributed by atoms with Crippen molar-refractivity contribution in [3.8, 4) is 5.75 Å². The van der Waals surface area contributed by atoms with Crippen molar-refractivity contribution >= 4 is 15.9 Å². The summed E-state index contributed by atoms with van der Waals surface area (Å²) in [4.78, 5) is 4.22. The molecule has 2 rings (SSSR count). The van der Waals surface area contributed by atoms with Crippen LogP contribution >= 0.6 is 15.9 Å². The smallest absolute Gasteiger partial charge is 0.138 e. The highest BCUT2D eigenvalue weighted by Gasteiger charge is 1.99. The molecule has 0 saturated heterocycles. The molecule has 0 aliphatic heterocycles. The fourth-order valence-electron chi connectivity index (χ4n) is 1.29. The molecule has 0 aliphatic carbocycles. The third kappa shape index (κ3) is 2.82. The van der Waals surface area contributed by atoms with Crippen LogP contribution in [0.3, 0.4) is 0 Å². The van der Waals surface area contributed by atoms with E-state index < -0.39 is 0 Å². The standard InChI is InChI=1S/C11H12BrN3O/c1-15-7-9(5-14-15)8-16-11-3-2-10(4-12)13-6-11/h2-3,5-7H,4,8H2,1H3. The second-order valence-corrected chi connectivity index (χ2v) is 3.99. The Morgan fingerprint density at radius 3 is 2.81 bits per heavy atom. The lowest BCUT2D eigenvalue weighted by Crippen LogP contribution is -1.95. The van der Waals surface area contributed by atoms with Gasteiger partial charge in [-0.2, -0.15) is 5.10 Å². The van der Waals surface area contributed by atoms with Crippen LogP contribution < -0.4 is 4.74 Å². The highest BCUT2D eigenvalue weighted by molar-refractivity contribution is 9.08.